The molecule has 7 nitrogen and oxygen atoms in total. The number of rotatable bonds is 4. The van der Waals surface area contributed by atoms with Crippen molar-refractivity contribution in [3.8, 4) is 0 Å². The summed E-state index contributed by atoms with van der Waals surface area (Å²) in [6.07, 6.45) is 0.954. The van der Waals surface area contributed by atoms with Crippen molar-refractivity contribution < 1.29 is 26.7 Å². The van der Waals surface area contributed by atoms with Crippen LogP contribution >= 0.6 is 0 Å². The van der Waals surface area contributed by atoms with Gasteiger partial charge in [0.15, 0.2) is 14.9 Å². The van der Waals surface area contributed by atoms with Crippen LogP contribution in [0.3, 0.4) is 0 Å². The average Bonchev–Trinajstić information content (AvgIpc) is 2.34. The van der Waals surface area contributed by atoms with Gasteiger partial charge in [0.2, 0.25) is 10.0 Å². The third-order valence-electron chi connectivity index (χ3n) is 3.20. The Labute approximate surface area is 123 Å². The molecule has 2 rings (SSSR count). The van der Waals surface area contributed by atoms with Crippen LogP contribution in [0.25, 0.3) is 0 Å². The topological polar surface area (TPSA) is 109 Å². The highest BCUT2D eigenvalue weighted by Gasteiger charge is 2.36. The van der Waals surface area contributed by atoms with Gasteiger partial charge < -0.3 is 5.11 Å². The molecule has 0 aliphatic carbocycles. The fraction of sp³-hybridized carbons (Fsp3) is 0.417. The minimum Gasteiger partial charge on any atom is -0.481 e. The van der Waals surface area contributed by atoms with Gasteiger partial charge in [-0.05, 0) is 18.1 Å². The Hall–Kier alpha value is -1.61. The number of carboxylic acid groups (broad SMARTS) is 1. The largest absolute Gasteiger partial charge is 0.481 e. The van der Waals surface area contributed by atoms with Crippen molar-refractivity contribution in [1.29, 1.82) is 0 Å². The molecular formula is C12H15NO6S2. The second-order valence-electron chi connectivity index (χ2n) is 4.97. The van der Waals surface area contributed by atoms with E-state index in [1.807, 2.05) is 0 Å². The Kier molecular flexibility index (Phi) is 3.98. The minimum atomic E-state index is -4.05. The molecule has 0 saturated heterocycles. The predicted molar refractivity (Wildman–Crippen MR) is 77.4 cm³/mol. The number of anilines is 1. The van der Waals surface area contributed by atoms with E-state index in [4.69, 9.17) is 0 Å². The fourth-order valence-corrected chi connectivity index (χ4v) is 5.93. The third-order valence-corrected chi connectivity index (χ3v) is 7.15. The van der Waals surface area contributed by atoms with Crippen molar-refractivity contribution in [1.82, 2.24) is 0 Å². The van der Waals surface area contributed by atoms with Crippen LogP contribution in [0.15, 0.2) is 24.3 Å². The molecule has 1 atom stereocenters. The highest BCUT2D eigenvalue weighted by atomic mass is 32.3. The standard InChI is InChI=1S/C12H15NO6S2/c1-20(16,17)8-21(18,19)13-7-6-10(12(14)15)9-4-2-3-5-11(9)13/h2-5,10H,6-8H2,1H3,(H,14,15). The molecule has 0 radical (unpaired) electrons. The minimum absolute atomic E-state index is 0.0498. The highest BCUT2D eigenvalue weighted by molar-refractivity contribution is 8.08. The number of hydrogen-bond donors (Lipinski definition) is 1. The van der Waals surface area contributed by atoms with Crippen LogP contribution in [0.1, 0.15) is 17.9 Å². The first kappa shape index (κ1) is 15.8. The molecule has 0 bridgehead atoms. The van der Waals surface area contributed by atoms with Gasteiger partial charge in [-0.1, -0.05) is 18.2 Å². The maximum absolute atomic E-state index is 12.2. The normalized spacial score (nSPS) is 19.1. The van der Waals surface area contributed by atoms with Crippen molar-refractivity contribution in [3.63, 3.8) is 0 Å². The first-order chi connectivity index (χ1) is 9.62. The number of fused-ring (bicyclic) bond motifs is 1. The lowest BCUT2D eigenvalue weighted by atomic mass is 9.91. The molecule has 1 aromatic rings. The van der Waals surface area contributed by atoms with E-state index in [0.717, 1.165) is 10.6 Å². The summed E-state index contributed by atoms with van der Waals surface area (Å²) in [5.41, 5.74) is 0.619. The van der Waals surface area contributed by atoms with Crippen LogP contribution in [-0.4, -0.2) is 45.8 Å². The molecule has 1 heterocycles. The Morgan fingerprint density at radius 3 is 2.48 bits per heavy atom. The summed E-state index contributed by atoms with van der Waals surface area (Å²) in [6, 6.07) is 6.26. The van der Waals surface area contributed by atoms with E-state index in [9.17, 15) is 26.7 Å². The molecule has 1 unspecified atom stereocenters. The van der Waals surface area contributed by atoms with Crippen LogP contribution < -0.4 is 4.31 Å². The zero-order valence-electron chi connectivity index (χ0n) is 11.3. The molecule has 0 fully saturated rings. The summed E-state index contributed by atoms with van der Waals surface area (Å²) in [5.74, 6) is -1.81. The van der Waals surface area contributed by atoms with Gasteiger partial charge in [0.25, 0.3) is 0 Å². The molecule has 0 spiro atoms. The second kappa shape index (κ2) is 5.30. The van der Waals surface area contributed by atoms with Crippen molar-refractivity contribution in [2.24, 2.45) is 0 Å². The van der Waals surface area contributed by atoms with Gasteiger partial charge in [0, 0.05) is 12.8 Å². The second-order valence-corrected chi connectivity index (χ2v) is 9.36. The van der Waals surface area contributed by atoms with Gasteiger partial charge in [-0.15, -0.1) is 0 Å². The molecule has 0 aromatic heterocycles. The Morgan fingerprint density at radius 2 is 1.90 bits per heavy atom. The monoisotopic (exact) mass is 333 g/mol. The van der Waals surface area contributed by atoms with Gasteiger partial charge >= 0.3 is 5.97 Å². The van der Waals surface area contributed by atoms with Crippen LogP contribution in [0.4, 0.5) is 5.69 Å². The van der Waals surface area contributed by atoms with Gasteiger partial charge in [0.1, 0.15) is 0 Å². The number of carboxylic acids is 1. The lowest BCUT2D eigenvalue weighted by molar-refractivity contribution is -0.139. The van der Waals surface area contributed by atoms with Crippen LogP contribution in [0, 0.1) is 0 Å². The number of aliphatic carboxylic acids is 1. The first-order valence-corrected chi connectivity index (χ1v) is 9.79. The van der Waals surface area contributed by atoms with Crippen LogP contribution in [0.5, 0.6) is 0 Å². The zero-order valence-corrected chi connectivity index (χ0v) is 12.9. The number of nitrogens with zero attached hydrogens (tertiary/aromatic N) is 1. The highest BCUT2D eigenvalue weighted by Crippen LogP contribution is 2.37. The molecule has 1 N–H and O–H groups in total. The van der Waals surface area contributed by atoms with E-state index in [-0.39, 0.29) is 18.7 Å². The maximum atomic E-state index is 12.2. The zero-order chi connectivity index (χ0) is 15.8. The molecular weight excluding hydrogens is 318 g/mol. The lowest BCUT2D eigenvalue weighted by Crippen LogP contribution is -2.40. The van der Waals surface area contributed by atoms with Crippen molar-refractivity contribution in [2.75, 3.05) is 22.2 Å². The maximum Gasteiger partial charge on any atom is 0.311 e. The van der Waals surface area contributed by atoms with Gasteiger partial charge in [-0.3, -0.25) is 9.10 Å². The molecule has 21 heavy (non-hydrogen) atoms. The summed E-state index contributed by atoms with van der Waals surface area (Å²) in [5, 5.41) is 8.20. The molecule has 0 saturated carbocycles. The number of para-hydroxylation sites is 1. The quantitative estimate of drug-likeness (QED) is 0.854. The summed E-state index contributed by atoms with van der Waals surface area (Å²) in [6.45, 7) is -0.0498. The summed E-state index contributed by atoms with van der Waals surface area (Å²) in [4.78, 5) is 11.2. The summed E-state index contributed by atoms with van der Waals surface area (Å²) in [7, 11) is -7.76. The number of hydrogen-bond acceptors (Lipinski definition) is 5. The molecule has 1 aliphatic heterocycles. The number of sulfone groups is 1. The van der Waals surface area contributed by atoms with Crippen molar-refractivity contribution in [2.45, 2.75) is 12.3 Å². The molecule has 9 heteroatoms. The van der Waals surface area contributed by atoms with Crippen LogP contribution in [-0.2, 0) is 24.7 Å². The Morgan fingerprint density at radius 1 is 1.29 bits per heavy atom. The fourth-order valence-electron chi connectivity index (χ4n) is 2.41. The molecule has 0 amide bonds. The average molecular weight is 333 g/mol. The van der Waals surface area contributed by atoms with Crippen molar-refractivity contribution in [3.05, 3.63) is 29.8 Å². The van der Waals surface area contributed by atoms with E-state index in [2.05, 4.69) is 0 Å². The molecule has 116 valence electrons. The van der Waals surface area contributed by atoms with Gasteiger partial charge in [0.05, 0.1) is 11.6 Å². The smallest absolute Gasteiger partial charge is 0.311 e. The molecule has 1 aliphatic rings. The van der Waals surface area contributed by atoms with Crippen molar-refractivity contribution >= 4 is 31.5 Å². The van der Waals surface area contributed by atoms with E-state index >= 15 is 0 Å². The number of sulfonamides is 1. The lowest BCUT2D eigenvalue weighted by Gasteiger charge is -2.33. The van der Waals surface area contributed by atoms with E-state index in [1.165, 1.54) is 6.07 Å². The number of carbonyl (C=O) groups is 1. The summed E-state index contributed by atoms with van der Waals surface area (Å²) >= 11 is 0. The Bertz CT molecular complexity index is 769. The van der Waals surface area contributed by atoms with Crippen LogP contribution in [0.2, 0.25) is 0 Å². The predicted octanol–water partition coefficient (Wildman–Crippen LogP) is 0.397. The van der Waals surface area contributed by atoms with E-state index in [0.29, 0.717) is 5.56 Å². The van der Waals surface area contributed by atoms with E-state index < -0.39 is 36.8 Å². The molecule has 1 aromatic carbocycles. The third kappa shape index (κ3) is 3.35. The van der Waals surface area contributed by atoms with Gasteiger partial charge in [-0.2, -0.15) is 0 Å². The SMILES string of the molecule is CS(=O)(=O)CS(=O)(=O)N1CCC(C(=O)O)c2ccccc21. The first-order valence-electron chi connectivity index (χ1n) is 6.12. The summed E-state index contributed by atoms with van der Waals surface area (Å²) < 4.78 is 48.0. The number of benzene rings is 1. The van der Waals surface area contributed by atoms with E-state index in [1.54, 1.807) is 18.2 Å². The van der Waals surface area contributed by atoms with Gasteiger partial charge in [-0.25, -0.2) is 16.8 Å². The Balaban J connectivity index is 2.49.